The van der Waals surface area contributed by atoms with Crippen LogP contribution in [-0.4, -0.2) is 34.1 Å². The van der Waals surface area contributed by atoms with Gasteiger partial charge in [-0.05, 0) is 69.1 Å². The van der Waals surface area contributed by atoms with Crippen LogP contribution in [-0.2, 0) is 4.79 Å². The molecule has 3 rings (SSSR count). The van der Waals surface area contributed by atoms with Gasteiger partial charge in [-0.15, -0.1) is 5.10 Å². The summed E-state index contributed by atoms with van der Waals surface area (Å²) in [5.41, 5.74) is 2.00. The SMILES string of the molecule is COc1ccc([C@@H](C(=O)NC(C)(C)C)N(C(=O)c2csnn2)c2ccc(C)cc2)cc1. The van der Waals surface area contributed by atoms with E-state index < -0.39 is 17.5 Å². The van der Waals surface area contributed by atoms with Gasteiger partial charge in [0.1, 0.15) is 11.8 Å². The molecule has 1 aromatic heterocycles. The number of rotatable bonds is 6. The molecule has 31 heavy (non-hydrogen) atoms. The molecule has 1 heterocycles. The van der Waals surface area contributed by atoms with Crippen LogP contribution in [0.15, 0.2) is 53.9 Å². The van der Waals surface area contributed by atoms with Crippen molar-refractivity contribution in [2.45, 2.75) is 39.3 Å². The highest BCUT2D eigenvalue weighted by atomic mass is 32.1. The quantitative estimate of drug-likeness (QED) is 0.625. The van der Waals surface area contributed by atoms with Crippen LogP contribution in [0.1, 0.15) is 48.4 Å². The normalized spacial score (nSPS) is 12.2. The molecule has 2 amide bonds. The van der Waals surface area contributed by atoms with Crippen LogP contribution < -0.4 is 15.0 Å². The second-order valence-electron chi connectivity index (χ2n) is 8.22. The summed E-state index contributed by atoms with van der Waals surface area (Å²) < 4.78 is 9.08. The molecule has 1 atom stereocenters. The molecule has 1 N–H and O–H groups in total. The Morgan fingerprint density at radius 2 is 1.71 bits per heavy atom. The van der Waals surface area contributed by atoms with Crippen LogP contribution >= 0.6 is 11.5 Å². The Kier molecular flexibility index (Phi) is 6.70. The maximum Gasteiger partial charge on any atom is 0.280 e. The zero-order valence-electron chi connectivity index (χ0n) is 18.2. The van der Waals surface area contributed by atoms with Crippen molar-refractivity contribution in [3.63, 3.8) is 0 Å². The molecule has 0 saturated heterocycles. The minimum absolute atomic E-state index is 0.188. The van der Waals surface area contributed by atoms with E-state index in [1.54, 1.807) is 36.8 Å². The zero-order chi connectivity index (χ0) is 22.6. The summed E-state index contributed by atoms with van der Waals surface area (Å²) in [5.74, 6) is -0.0343. The summed E-state index contributed by atoms with van der Waals surface area (Å²) in [6, 6.07) is 13.7. The smallest absolute Gasteiger partial charge is 0.280 e. The third-order valence-corrected chi connectivity index (χ3v) is 5.05. The summed E-state index contributed by atoms with van der Waals surface area (Å²) in [6.45, 7) is 7.67. The van der Waals surface area contributed by atoms with Crippen molar-refractivity contribution in [2.75, 3.05) is 12.0 Å². The number of aromatic nitrogens is 2. The second kappa shape index (κ2) is 9.26. The molecule has 162 valence electrons. The van der Waals surface area contributed by atoms with Gasteiger partial charge in [-0.25, -0.2) is 0 Å². The first kappa shape index (κ1) is 22.4. The highest BCUT2D eigenvalue weighted by Crippen LogP contribution is 2.31. The average molecular weight is 439 g/mol. The van der Waals surface area contributed by atoms with Crippen LogP contribution in [0, 0.1) is 6.92 Å². The molecule has 0 radical (unpaired) electrons. The van der Waals surface area contributed by atoms with Gasteiger partial charge in [-0.1, -0.05) is 34.3 Å². The molecular formula is C23H26N4O3S. The number of aryl methyl sites for hydroxylation is 1. The van der Waals surface area contributed by atoms with E-state index >= 15 is 0 Å². The topological polar surface area (TPSA) is 84.4 Å². The number of benzene rings is 2. The number of ether oxygens (including phenoxy) is 1. The summed E-state index contributed by atoms with van der Waals surface area (Å²) in [7, 11) is 1.58. The third kappa shape index (κ3) is 5.46. The lowest BCUT2D eigenvalue weighted by molar-refractivity contribution is -0.123. The van der Waals surface area contributed by atoms with Gasteiger partial charge in [0.25, 0.3) is 5.91 Å². The Hall–Kier alpha value is -3.26. The highest BCUT2D eigenvalue weighted by molar-refractivity contribution is 7.03. The van der Waals surface area contributed by atoms with Crippen molar-refractivity contribution >= 4 is 29.0 Å². The average Bonchev–Trinajstić information content (AvgIpc) is 3.26. The Morgan fingerprint density at radius 3 is 2.23 bits per heavy atom. The lowest BCUT2D eigenvalue weighted by Crippen LogP contribution is -2.49. The molecule has 0 fully saturated rings. The van der Waals surface area contributed by atoms with Crippen molar-refractivity contribution < 1.29 is 14.3 Å². The third-order valence-electron chi connectivity index (χ3n) is 4.55. The number of anilines is 1. The van der Waals surface area contributed by atoms with Gasteiger partial charge in [0.15, 0.2) is 5.69 Å². The Morgan fingerprint density at radius 1 is 1.06 bits per heavy atom. The van der Waals surface area contributed by atoms with Gasteiger partial charge in [0, 0.05) is 16.6 Å². The molecule has 0 aliphatic carbocycles. The van der Waals surface area contributed by atoms with E-state index in [9.17, 15) is 9.59 Å². The number of carbonyl (C=O) groups excluding carboxylic acids is 2. The van der Waals surface area contributed by atoms with Crippen LogP contribution in [0.4, 0.5) is 5.69 Å². The minimum Gasteiger partial charge on any atom is -0.497 e. The summed E-state index contributed by atoms with van der Waals surface area (Å²) in [5, 5.41) is 8.53. The van der Waals surface area contributed by atoms with E-state index in [2.05, 4.69) is 14.9 Å². The molecule has 7 nitrogen and oxygen atoms in total. The summed E-state index contributed by atoms with van der Waals surface area (Å²) in [4.78, 5) is 28.5. The molecule has 0 spiro atoms. The number of nitrogens with zero attached hydrogens (tertiary/aromatic N) is 3. The Balaban J connectivity index is 2.16. The first-order valence-corrected chi connectivity index (χ1v) is 10.7. The van der Waals surface area contributed by atoms with Gasteiger partial charge in [0.05, 0.1) is 7.11 Å². The molecule has 0 unspecified atom stereocenters. The maximum atomic E-state index is 13.5. The fourth-order valence-electron chi connectivity index (χ4n) is 3.11. The number of amides is 2. The van der Waals surface area contributed by atoms with Crippen molar-refractivity contribution in [3.8, 4) is 5.75 Å². The molecule has 8 heteroatoms. The van der Waals surface area contributed by atoms with E-state index in [1.165, 1.54) is 4.90 Å². The van der Waals surface area contributed by atoms with E-state index in [0.29, 0.717) is 17.0 Å². The first-order chi connectivity index (χ1) is 14.7. The van der Waals surface area contributed by atoms with E-state index in [0.717, 1.165) is 17.1 Å². The van der Waals surface area contributed by atoms with Crippen LogP contribution in [0.25, 0.3) is 0 Å². The number of hydrogen-bond donors (Lipinski definition) is 1. The van der Waals surface area contributed by atoms with Gasteiger partial charge < -0.3 is 10.1 Å². The fraction of sp³-hybridized carbons (Fsp3) is 0.304. The van der Waals surface area contributed by atoms with Crippen molar-refractivity contribution in [1.82, 2.24) is 14.9 Å². The zero-order valence-corrected chi connectivity index (χ0v) is 19.1. The first-order valence-electron chi connectivity index (χ1n) is 9.83. The number of hydrogen-bond acceptors (Lipinski definition) is 6. The fourth-order valence-corrected chi connectivity index (χ4v) is 3.54. The van der Waals surface area contributed by atoms with Gasteiger partial charge >= 0.3 is 0 Å². The van der Waals surface area contributed by atoms with Crippen LogP contribution in [0.5, 0.6) is 5.75 Å². The largest absolute Gasteiger partial charge is 0.497 e. The molecule has 2 aromatic carbocycles. The lowest BCUT2D eigenvalue weighted by atomic mass is 10.00. The van der Waals surface area contributed by atoms with Gasteiger partial charge in [-0.2, -0.15) is 0 Å². The number of carbonyl (C=O) groups is 2. The number of methoxy groups -OCH3 is 1. The van der Waals surface area contributed by atoms with E-state index in [4.69, 9.17) is 4.74 Å². The molecule has 0 saturated carbocycles. The predicted molar refractivity (Wildman–Crippen MR) is 122 cm³/mol. The molecule has 0 aliphatic rings. The Bertz CT molecular complexity index is 1030. The van der Waals surface area contributed by atoms with Crippen molar-refractivity contribution in [3.05, 3.63) is 70.7 Å². The van der Waals surface area contributed by atoms with Crippen LogP contribution in [0.3, 0.4) is 0 Å². The highest BCUT2D eigenvalue weighted by Gasteiger charge is 2.35. The van der Waals surface area contributed by atoms with Gasteiger partial charge in [0.2, 0.25) is 5.91 Å². The van der Waals surface area contributed by atoms with Crippen LogP contribution in [0.2, 0.25) is 0 Å². The standard InChI is InChI=1S/C23H26N4O3S/c1-15-6-10-17(11-7-15)27(22(29)19-14-31-26-25-19)20(21(28)24-23(2,3)4)16-8-12-18(30-5)13-9-16/h6-14,20H,1-5H3,(H,24,28)/t20-/m0/s1. The van der Waals surface area contributed by atoms with E-state index in [1.807, 2.05) is 52.0 Å². The molecule has 3 aromatic rings. The lowest BCUT2D eigenvalue weighted by Gasteiger charge is -2.33. The van der Waals surface area contributed by atoms with Crippen molar-refractivity contribution in [1.29, 1.82) is 0 Å². The molecule has 0 aliphatic heterocycles. The number of nitrogens with one attached hydrogen (secondary N) is 1. The maximum absolute atomic E-state index is 13.5. The monoisotopic (exact) mass is 438 g/mol. The summed E-state index contributed by atoms with van der Waals surface area (Å²) in [6.07, 6.45) is 0. The second-order valence-corrected chi connectivity index (χ2v) is 8.83. The molecule has 0 bridgehead atoms. The molecular weight excluding hydrogens is 412 g/mol. The minimum atomic E-state index is -0.915. The Labute approximate surface area is 186 Å². The van der Waals surface area contributed by atoms with E-state index in [-0.39, 0.29) is 11.6 Å². The summed E-state index contributed by atoms with van der Waals surface area (Å²) >= 11 is 1.09. The van der Waals surface area contributed by atoms with Crippen molar-refractivity contribution in [2.24, 2.45) is 0 Å². The predicted octanol–water partition coefficient (Wildman–Crippen LogP) is 4.16. The van der Waals surface area contributed by atoms with Gasteiger partial charge in [-0.3, -0.25) is 14.5 Å².